The molecule has 0 spiro atoms. The Morgan fingerprint density at radius 3 is 2.30 bits per heavy atom. The average Bonchev–Trinajstić information content (AvgIpc) is 3.07. The first kappa shape index (κ1) is 16.3. The number of sulfonamides is 1. The highest BCUT2D eigenvalue weighted by Gasteiger charge is 2.39. The normalized spacial score (nSPS) is 24.4. The number of aryl methyl sites for hydroxylation is 1. The smallest absolute Gasteiger partial charge is 0.259 e. The molecule has 1 N–H and O–H groups in total. The first-order chi connectivity index (χ1) is 10.9. The van der Waals surface area contributed by atoms with Gasteiger partial charge in [-0.2, -0.15) is 0 Å². The highest BCUT2D eigenvalue weighted by Crippen LogP contribution is 2.37. The van der Waals surface area contributed by atoms with Crippen LogP contribution in [0.25, 0.3) is 0 Å². The first-order valence-corrected chi connectivity index (χ1v) is 9.47. The molecule has 6 nitrogen and oxygen atoms in total. The van der Waals surface area contributed by atoms with Gasteiger partial charge < -0.3 is 0 Å². The number of benzene rings is 1. The summed E-state index contributed by atoms with van der Waals surface area (Å²) in [5.74, 6) is 1.28. The zero-order valence-corrected chi connectivity index (χ0v) is 14.3. The number of fused-ring (bicyclic) bond motifs is 1. The minimum Gasteiger partial charge on any atom is -0.259 e. The minimum absolute atomic E-state index is 0.100. The Morgan fingerprint density at radius 1 is 1.17 bits per heavy atom. The molecule has 1 aromatic carbocycles. The van der Waals surface area contributed by atoms with Crippen molar-refractivity contribution in [2.45, 2.75) is 31.1 Å². The summed E-state index contributed by atoms with van der Waals surface area (Å²) in [5, 5.41) is 3.36. The molecule has 2 amide bonds. The Hall–Kier alpha value is -1.60. The van der Waals surface area contributed by atoms with Gasteiger partial charge in [-0.05, 0) is 43.7 Å². The number of amides is 2. The van der Waals surface area contributed by atoms with Crippen LogP contribution in [0.15, 0.2) is 29.2 Å². The molecule has 1 aromatic rings. The molecular formula is C16H23N3O3S. The molecule has 1 saturated carbocycles. The van der Waals surface area contributed by atoms with E-state index in [1.54, 1.807) is 19.2 Å². The van der Waals surface area contributed by atoms with Gasteiger partial charge in [0, 0.05) is 20.1 Å². The fraction of sp³-hybridized carbons (Fsp3) is 0.562. The molecule has 2 atom stereocenters. The van der Waals surface area contributed by atoms with Crippen LogP contribution in [-0.4, -0.2) is 44.6 Å². The average molecular weight is 337 g/mol. The Balaban J connectivity index is 1.65. The first-order valence-electron chi connectivity index (χ1n) is 7.99. The largest absolute Gasteiger partial charge is 0.345 e. The second-order valence-electron chi connectivity index (χ2n) is 6.57. The highest BCUT2D eigenvalue weighted by molar-refractivity contribution is 7.90. The van der Waals surface area contributed by atoms with Gasteiger partial charge in [-0.25, -0.2) is 22.9 Å². The van der Waals surface area contributed by atoms with E-state index in [1.165, 1.54) is 36.4 Å². The Labute approximate surface area is 137 Å². The van der Waals surface area contributed by atoms with Crippen molar-refractivity contribution in [3.63, 3.8) is 0 Å². The third kappa shape index (κ3) is 3.35. The topological polar surface area (TPSA) is 69.7 Å². The van der Waals surface area contributed by atoms with Crippen molar-refractivity contribution < 1.29 is 13.2 Å². The predicted molar refractivity (Wildman–Crippen MR) is 87.1 cm³/mol. The number of nitrogens with one attached hydrogen (secondary N) is 1. The molecule has 0 aromatic heterocycles. The molecule has 2 fully saturated rings. The van der Waals surface area contributed by atoms with Crippen molar-refractivity contribution in [2.75, 3.05) is 20.1 Å². The zero-order valence-electron chi connectivity index (χ0n) is 13.5. The monoisotopic (exact) mass is 337 g/mol. The molecule has 3 rings (SSSR count). The van der Waals surface area contributed by atoms with Gasteiger partial charge in [0.05, 0.1) is 4.90 Å². The van der Waals surface area contributed by atoms with E-state index in [4.69, 9.17) is 0 Å². The van der Waals surface area contributed by atoms with Gasteiger partial charge in [-0.15, -0.1) is 0 Å². The summed E-state index contributed by atoms with van der Waals surface area (Å²) in [5.41, 5.74) is 0.969. The number of hydrazine groups is 1. The van der Waals surface area contributed by atoms with Gasteiger partial charge >= 0.3 is 6.03 Å². The van der Waals surface area contributed by atoms with E-state index >= 15 is 0 Å². The van der Waals surface area contributed by atoms with Crippen LogP contribution in [0, 0.1) is 18.8 Å². The number of urea groups is 1. The van der Waals surface area contributed by atoms with E-state index in [9.17, 15) is 13.2 Å². The lowest BCUT2D eigenvalue weighted by atomic mass is 10.0. The maximum Gasteiger partial charge on any atom is 0.345 e. The van der Waals surface area contributed by atoms with E-state index in [0.717, 1.165) is 18.7 Å². The molecule has 1 heterocycles. The van der Waals surface area contributed by atoms with Crippen LogP contribution in [0.2, 0.25) is 0 Å². The zero-order chi connectivity index (χ0) is 16.6. The molecular weight excluding hydrogens is 314 g/mol. The van der Waals surface area contributed by atoms with Gasteiger partial charge in [0.25, 0.3) is 10.0 Å². The van der Waals surface area contributed by atoms with Gasteiger partial charge in [-0.3, -0.25) is 5.01 Å². The summed E-state index contributed by atoms with van der Waals surface area (Å²) >= 11 is 0. The highest BCUT2D eigenvalue weighted by atomic mass is 32.2. The van der Waals surface area contributed by atoms with E-state index in [-0.39, 0.29) is 4.90 Å². The third-order valence-corrected chi connectivity index (χ3v) is 6.31. The summed E-state index contributed by atoms with van der Waals surface area (Å²) < 4.78 is 26.7. The van der Waals surface area contributed by atoms with E-state index in [2.05, 4.69) is 4.72 Å². The van der Waals surface area contributed by atoms with Crippen LogP contribution in [0.1, 0.15) is 24.8 Å². The number of nitrogens with zero attached hydrogens (tertiary/aromatic N) is 2. The molecule has 2 unspecified atom stereocenters. The van der Waals surface area contributed by atoms with Crippen molar-refractivity contribution >= 4 is 16.1 Å². The second kappa shape index (κ2) is 6.13. The van der Waals surface area contributed by atoms with Gasteiger partial charge in [0.1, 0.15) is 0 Å². The lowest BCUT2D eigenvalue weighted by molar-refractivity contribution is 0.0548. The molecule has 1 aliphatic heterocycles. The fourth-order valence-corrected chi connectivity index (χ4v) is 4.52. The van der Waals surface area contributed by atoms with Gasteiger partial charge in [0.15, 0.2) is 0 Å². The maximum atomic E-state index is 12.3. The van der Waals surface area contributed by atoms with Gasteiger partial charge in [-0.1, -0.05) is 24.1 Å². The second-order valence-corrected chi connectivity index (χ2v) is 8.25. The molecule has 0 radical (unpaired) electrons. The number of hydrogen-bond acceptors (Lipinski definition) is 4. The van der Waals surface area contributed by atoms with E-state index in [1.807, 2.05) is 11.9 Å². The van der Waals surface area contributed by atoms with Crippen LogP contribution in [0.3, 0.4) is 0 Å². The summed E-state index contributed by atoms with van der Waals surface area (Å²) in [4.78, 5) is 12.4. The van der Waals surface area contributed by atoms with Crippen molar-refractivity contribution in [1.82, 2.24) is 14.7 Å². The number of hydrogen-bond donors (Lipinski definition) is 1. The van der Waals surface area contributed by atoms with Crippen LogP contribution >= 0.6 is 0 Å². The fourth-order valence-electron chi connectivity index (χ4n) is 3.54. The van der Waals surface area contributed by atoms with Crippen molar-refractivity contribution in [3.8, 4) is 0 Å². The van der Waals surface area contributed by atoms with Crippen LogP contribution in [0.4, 0.5) is 4.79 Å². The lowest BCUT2D eigenvalue weighted by Gasteiger charge is -2.28. The van der Waals surface area contributed by atoms with Crippen LogP contribution < -0.4 is 4.72 Å². The molecule has 1 aliphatic carbocycles. The van der Waals surface area contributed by atoms with Crippen LogP contribution in [-0.2, 0) is 10.0 Å². The predicted octanol–water partition coefficient (Wildman–Crippen LogP) is 1.97. The summed E-state index contributed by atoms with van der Waals surface area (Å²) in [6.07, 6.45) is 3.68. The van der Waals surface area contributed by atoms with E-state index in [0.29, 0.717) is 11.8 Å². The molecule has 23 heavy (non-hydrogen) atoms. The standard InChI is InChI=1S/C16H23N3O3S/c1-12-6-8-15(9-7-12)23(21,22)17-16(20)18(2)19-10-13-4-3-5-14(13)11-19/h6-9,13-14H,3-5,10-11H2,1-2H3,(H,17,20). The SMILES string of the molecule is Cc1ccc(S(=O)(=O)NC(=O)N(C)N2CC3CCCC3C2)cc1. The maximum absolute atomic E-state index is 12.3. The summed E-state index contributed by atoms with van der Waals surface area (Å²) in [7, 11) is -2.21. The number of carbonyl (C=O) groups excluding carboxylic acids is 1. The van der Waals surface area contributed by atoms with E-state index < -0.39 is 16.1 Å². The quantitative estimate of drug-likeness (QED) is 0.915. The van der Waals surface area contributed by atoms with Crippen LogP contribution in [0.5, 0.6) is 0 Å². The Bertz CT molecular complexity index is 675. The van der Waals surface area contributed by atoms with Gasteiger partial charge in [0.2, 0.25) is 0 Å². The Morgan fingerprint density at radius 2 is 1.74 bits per heavy atom. The third-order valence-electron chi connectivity index (χ3n) is 4.98. The molecule has 7 heteroatoms. The molecule has 1 saturated heterocycles. The number of rotatable bonds is 3. The minimum atomic E-state index is -3.84. The molecule has 0 bridgehead atoms. The van der Waals surface area contributed by atoms with Crippen molar-refractivity contribution in [2.24, 2.45) is 11.8 Å². The summed E-state index contributed by atoms with van der Waals surface area (Å²) in [6, 6.07) is 5.83. The lowest BCUT2D eigenvalue weighted by Crippen LogP contribution is -2.49. The number of carbonyl (C=O) groups is 1. The van der Waals surface area contributed by atoms with Crippen molar-refractivity contribution in [3.05, 3.63) is 29.8 Å². The molecule has 2 aliphatic rings. The summed E-state index contributed by atoms with van der Waals surface area (Å²) in [6.45, 7) is 3.55. The Kier molecular flexibility index (Phi) is 4.33. The van der Waals surface area contributed by atoms with Crippen molar-refractivity contribution in [1.29, 1.82) is 0 Å². The molecule has 126 valence electrons.